The molecule has 2 heterocycles. The summed E-state index contributed by atoms with van der Waals surface area (Å²) in [7, 11) is 0. The first kappa shape index (κ1) is 12.1. The molecule has 5 heteroatoms. The lowest BCUT2D eigenvalue weighted by molar-refractivity contribution is -0.130. The average molecular weight is 237 g/mol. The molecule has 17 heavy (non-hydrogen) atoms. The first-order valence-corrected chi connectivity index (χ1v) is 6.27. The minimum atomic E-state index is 0.201. The maximum absolute atomic E-state index is 11.8. The van der Waals surface area contributed by atoms with Crippen molar-refractivity contribution in [1.82, 2.24) is 15.0 Å². The molecule has 0 unspecified atom stereocenters. The molecule has 0 N–H and O–H groups in total. The molecule has 0 atom stereocenters. The van der Waals surface area contributed by atoms with E-state index >= 15 is 0 Å². The van der Waals surface area contributed by atoms with E-state index in [0.717, 1.165) is 25.9 Å². The van der Waals surface area contributed by atoms with E-state index in [1.54, 1.807) is 0 Å². The quantitative estimate of drug-likeness (QED) is 0.800. The van der Waals surface area contributed by atoms with Gasteiger partial charge in [0.25, 0.3) is 0 Å². The molecule has 1 aliphatic heterocycles. The molecular weight excluding hydrogens is 218 g/mol. The van der Waals surface area contributed by atoms with Crippen LogP contribution in [0.25, 0.3) is 0 Å². The van der Waals surface area contributed by atoms with E-state index in [1.165, 1.54) is 0 Å². The second kappa shape index (κ2) is 5.29. The van der Waals surface area contributed by atoms with Crippen LogP contribution in [-0.4, -0.2) is 34.0 Å². The van der Waals surface area contributed by atoms with Crippen molar-refractivity contribution < 1.29 is 9.32 Å². The third-order valence-electron chi connectivity index (χ3n) is 3.01. The van der Waals surface area contributed by atoms with Gasteiger partial charge in [0, 0.05) is 31.8 Å². The lowest BCUT2D eigenvalue weighted by atomic mass is 10.2. The molecular formula is C12H19N3O2. The largest absolute Gasteiger partial charge is 0.343 e. The highest BCUT2D eigenvalue weighted by atomic mass is 16.5. The molecule has 0 saturated carbocycles. The number of carbonyl (C=O) groups excluding carboxylic acids is 1. The van der Waals surface area contributed by atoms with Gasteiger partial charge < -0.3 is 9.42 Å². The van der Waals surface area contributed by atoms with Gasteiger partial charge in [-0.2, -0.15) is 4.98 Å². The van der Waals surface area contributed by atoms with Crippen LogP contribution in [0.15, 0.2) is 4.52 Å². The molecule has 0 aromatic carbocycles. The number of nitrogens with zero attached hydrogens (tertiary/aromatic N) is 3. The van der Waals surface area contributed by atoms with Crippen molar-refractivity contribution in [3.05, 3.63) is 11.7 Å². The number of hydrogen-bond donors (Lipinski definition) is 0. The molecule has 0 bridgehead atoms. The van der Waals surface area contributed by atoms with Gasteiger partial charge in [-0.3, -0.25) is 4.79 Å². The van der Waals surface area contributed by atoms with Crippen molar-refractivity contribution in [2.75, 3.05) is 13.1 Å². The van der Waals surface area contributed by atoms with Crippen molar-refractivity contribution in [2.24, 2.45) is 0 Å². The lowest BCUT2D eigenvalue weighted by Crippen LogP contribution is -2.27. The van der Waals surface area contributed by atoms with E-state index in [-0.39, 0.29) is 11.8 Å². The molecule has 5 nitrogen and oxygen atoms in total. The fourth-order valence-electron chi connectivity index (χ4n) is 1.94. The van der Waals surface area contributed by atoms with Crippen LogP contribution in [0, 0.1) is 0 Å². The monoisotopic (exact) mass is 237 g/mol. The predicted octanol–water partition coefficient (Wildman–Crippen LogP) is 1.75. The predicted molar refractivity (Wildman–Crippen MR) is 62.5 cm³/mol. The summed E-state index contributed by atoms with van der Waals surface area (Å²) in [6, 6.07) is 0. The third kappa shape index (κ3) is 3.05. The Morgan fingerprint density at radius 3 is 2.71 bits per heavy atom. The Labute approximate surface area is 101 Å². The topological polar surface area (TPSA) is 59.2 Å². The van der Waals surface area contributed by atoms with Gasteiger partial charge in [0.1, 0.15) is 0 Å². The van der Waals surface area contributed by atoms with E-state index in [4.69, 9.17) is 4.52 Å². The normalized spacial score (nSPS) is 15.8. The smallest absolute Gasteiger partial charge is 0.227 e. The minimum Gasteiger partial charge on any atom is -0.343 e. The van der Waals surface area contributed by atoms with E-state index in [0.29, 0.717) is 24.6 Å². The fraction of sp³-hybridized carbons (Fsp3) is 0.750. The summed E-state index contributed by atoms with van der Waals surface area (Å²) in [6.45, 7) is 5.84. The van der Waals surface area contributed by atoms with Gasteiger partial charge in [0.05, 0.1) is 0 Å². The number of aromatic nitrogens is 2. The summed E-state index contributed by atoms with van der Waals surface area (Å²) in [6.07, 6.45) is 3.28. The minimum absolute atomic E-state index is 0.201. The summed E-state index contributed by atoms with van der Waals surface area (Å²) in [5.74, 6) is 1.75. The van der Waals surface area contributed by atoms with E-state index in [1.807, 2.05) is 18.7 Å². The zero-order chi connectivity index (χ0) is 12.3. The molecule has 0 aliphatic carbocycles. The number of carbonyl (C=O) groups is 1. The Bertz CT molecular complexity index is 381. The Balaban J connectivity index is 1.82. The zero-order valence-corrected chi connectivity index (χ0v) is 10.5. The Morgan fingerprint density at radius 1 is 1.41 bits per heavy atom. The van der Waals surface area contributed by atoms with Crippen LogP contribution in [-0.2, 0) is 11.2 Å². The van der Waals surface area contributed by atoms with Crippen molar-refractivity contribution in [2.45, 2.75) is 45.4 Å². The number of amides is 1. The van der Waals surface area contributed by atoms with Crippen molar-refractivity contribution in [3.8, 4) is 0 Å². The highest BCUT2D eigenvalue weighted by molar-refractivity contribution is 5.76. The highest BCUT2D eigenvalue weighted by Crippen LogP contribution is 2.13. The van der Waals surface area contributed by atoms with Gasteiger partial charge in [-0.1, -0.05) is 19.0 Å². The van der Waals surface area contributed by atoms with Crippen molar-refractivity contribution in [1.29, 1.82) is 0 Å². The van der Waals surface area contributed by atoms with E-state index in [2.05, 4.69) is 10.1 Å². The second-order valence-corrected chi connectivity index (χ2v) is 4.79. The van der Waals surface area contributed by atoms with Gasteiger partial charge in [0.2, 0.25) is 11.8 Å². The molecule has 0 radical (unpaired) electrons. The summed E-state index contributed by atoms with van der Waals surface area (Å²) in [4.78, 5) is 18.0. The number of likely N-dealkylation sites (tertiary alicyclic amines) is 1. The number of hydrogen-bond acceptors (Lipinski definition) is 4. The Kier molecular flexibility index (Phi) is 3.76. The van der Waals surface area contributed by atoms with Gasteiger partial charge >= 0.3 is 0 Å². The maximum atomic E-state index is 11.8. The molecule has 94 valence electrons. The van der Waals surface area contributed by atoms with Crippen LogP contribution in [0.4, 0.5) is 0 Å². The number of aryl methyl sites for hydroxylation is 1. The van der Waals surface area contributed by atoms with Gasteiger partial charge in [0.15, 0.2) is 5.82 Å². The average Bonchev–Trinajstić information content (AvgIpc) is 2.97. The molecule has 1 fully saturated rings. The molecule has 1 amide bonds. The first-order valence-electron chi connectivity index (χ1n) is 6.27. The number of rotatable bonds is 4. The molecule has 1 saturated heterocycles. The molecule has 1 aromatic rings. The molecule has 0 spiro atoms. The molecule has 1 aromatic heterocycles. The van der Waals surface area contributed by atoms with E-state index in [9.17, 15) is 4.79 Å². The molecule has 2 rings (SSSR count). The second-order valence-electron chi connectivity index (χ2n) is 4.79. The van der Waals surface area contributed by atoms with Crippen LogP contribution < -0.4 is 0 Å². The van der Waals surface area contributed by atoms with Crippen LogP contribution in [0.2, 0.25) is 0 Å². The van der Waals surface area contributed by atoms with Crippen LogP contribution in [0.1, 0.15) is 50.7 Å². The Hall–Kier alpha value is -1.39. The summed E-state index contributed by atoms with van der Waals surface area (Å²) in [5.41, 5.74) is 0. The summed E-state index contributed by atoms with van der Waals surface area (Å²) in [5, 5.41) is 3.88. The van der Waals surface area contributed by atoms with Crippen molar-refractivity contribution in [3.63, 3.8) is 0 Å². The SMILES string of the molecule is CC(C)c1noc(CCC(=O)N2CCCC2)n1. The van der Waals surface area contributed by atoms with Crippen LogP contribution in [0.3, 0.4) is 0 Å². The van der Waals surface area contributed by atoms with Crippen LogP contribution in [0.5, 0.6) is 0 Å². The van der Waals surface area contributed by atoms with Crippen molar-refractivity contribution >= 4 is 5.91 Å². The Morgan fingerprint density at radius 2 is 2.12 bits per heavy atom. The lowest BCUT2D eigenvalue weighted by Gasteiger charge is -2.13. The van der Waals surface area contributed by atoms with Gasteiger partial charge in [-0.25, -0.2) is 0 Å². The van der Waals surface area contributed by atoms with Gasteiger partial charge in [-0.05, 0) is 12.8 Å². The zero-order valence-electron chi connectivity index (χ0n) is 10.5. The fourth-order valence-corrected chi connectivity index (χ4v) is 1.94. The van der Waals surface area contributed by atoms with Crippen LogP contribution >= 0.6 is 0 Å². The van der Waals surface area contributed by atoms with Gasteiger partial charge in [-0.15, -0.1) is 0 Å². The standard InChI is InChI=1S/C12H19N3O2/c1-9(2)12-13-10(17-14-12)5-6-11(16)15-7-3-4-8-15/h9H,3-8H2,1-2H3. The molecule has 1 aliphatic rings. The maximum Gasteiger partial charge on any atom is 0.227 e. The first-order chi connectivity index (χ1) is 8.16. The third-order valence-corrected chi connectivity index (χ3v) is 3.01. The summed E-state index contributed by atoms with van der Waals surface area (Å²) < 4.78 is 5.11. The van der Waals surface area contributed by atoms with E-state index < -0.39 is 0 Å². The summed E-state index contributed by atoms with van der Waals surface area (Å²) >= 11 is 0. The highest BCUT2D eigenvalue weighted by Gasteiger charge is 2.18.